The number of carbonyl (C=O) groups excluding carboxylic acids is 1. The van der Waals surface area contributed by atoms with Gasteiger partial charge in [-0.15, -0.1) is 0 Å². The molecule has 3 unspecified atom stereocenters. The van der Waals surface area contributed by atoms with Crippen molar-refractivity contribution >= 4 is 11.9 Å². The number of aliphatic carboxylic acids is 1. The van der Waals surface area contributed by atoms with Crippen LogP contribution in [-0.2, 0) is 21.6 Å². The Morgan fingerprint density at radius 2 is 2.03 bits per heavy atom. The highest BCUT2D eigenvalue weighted by Crippen LogP contribution is 2.53. The highest BCUT2D eigenvalue weighted by molar-refractivity contribution is 5.91. The number of hydrogen-bond donors (Lipinski definition) is 2. The Labute approximate surface area is 218 Å². The molecule has 8 nitrogen and oxygen atoms in total. The molecule has 1 aromatic heterocycles. The van der Waals surface area contributed by atoms with E-state index in [2.05, 4.69) is 10.3 Å². The van der Waals surface area contributed by atoms with Crippen molar-refractivity contribution in [2.24, 2.45) is 11.8 Å². The lowest BCUT2D eigenvalue weighted by molar-refractivity contribution is -0.139. The number of oxazole rings is 1. The summed E-state index contributed by atoms with van der Waals surface area (Å²) in [7, 11) is 0. The molecule has 3 atom stereocenters. The van der Waals surface area contributed by atoms with Crippen LogP contribution in [-0.4, -0.2) is 41.2 Å². The number of rotatable bonds is 12. The SMILES string of the molecule is O=C(O)COc1cccc(CC2CC3(c4nc(C(=O)NCCCCC5CCCCC5)co4)CCC2O3)c1. The van der Waals surface area contributed by atoms with E-state index in [1.807, 2.05) is 18.2 Å². The van der Waals surface area contributed by atoms with Crippen molar-refractivity contribution in [3.63, 3.8) is 0 Å². The van der Waals surface area contributed by atoms with Crippen LogP contribution in [0.5, 0.6) is 5.75 Å². The number of aromatic nitrogens is 1. The fourth-order valence-electron chi connectivity index (χ4n) is 6.39. The molecule has 8 heteroatoms. The third-order valence-electron chi connectivity index (χ3n) is 8.26. The van der Waals surface area contributed by atoms with E-state index in [4.69, 9.17) is 19.0 Å². The van der Waals surface area contributed by atoms with Gasteiger partial charge >= 0.3 is 5.97 Å². The van der Waals surface area contributed by atoms with Crippen LogP contribution in [0.15, 0.2) is 34.9 Å². The molecule has 1 amide bonds. The number of carboxylic acids is 1. The largest absolute Gasteiger partial charge is 0.482 e. The molecule has 37 heavy (non-hydrogen) atoms. The summed E-state index contributed by atoms with van der Waals surface area (Å²) in [4.78, 5) is 28.0. The highest BCUT2D eigenvalue weighted by atomic mass is 16.5. The average molecular weight is 511 g/mol. The topological polar surface area (TPSA) is 111 Å². The number of nitrogens with one attached hydrogen (secondary N) is 1. The number of fused-ring (bicyclic) bond motifs is 2. The van der Waals surface area contributed by atoms with Gasteiger partial charge in [0.2, 0.25) is 5.89 Å². The smallest absolute Gasteiger partial charge is 0.341 e. The number of benzene rings is 1. The summed E-state index contributed by atoms with van der Waals surface area (Å²) < 4.78 is 17.5. The monoisotopic (exact) mass is 510 g/mol. The van der Waals surface area contributed by atoms with Crippen molar-refractivity contribution in [3.8, 4) is 5.75 Å². The van der Waals surface area contributed by atoms with Crippen LogP contribution in [0.25, 0.3) is 0 Å². The summed E-state index contributed by atoms with van der Waals surface area (Å²) in [5, 5.41) is 11.8. The van der Waals surface area contributed by atoms with Gasteiger partial charge in [0.1, 0.15) is 17.6 Å². The number of hydrogen-bond acceptors (Lipinski definition) is 6. The maximum Gasteiger partial charge on any atom is 0.341 e. The van der Waals surface area contributed by atoms with Gasteiger partial charge in [0.15, 0.2) is 12.3 Å². The molecule has 2 N–H and O–H groups in total. The van der Waals surface area contributed by atoms with E-state index in [1.54, 1.807) is 6.07 Å². The van der Waals surface area contributed by atoms with Crippen molar-refractivity contribution in [2.45, 2.75) is 88.8 Å². The molecule has 0 radical (unpaired) electrons. The summed E-state index contributed by atoms with van der Waals surface area (Å²) in [6.45, 7) is 0.303. The molecule has 1 aliphatic carbocycles. The lowest BCUT2D eigenvalue weighted by atomic mass is 9.78. The second kappa shape index (κ2) is 11.7. The quantitative estimate of drug-likeness (QED) is 0.375. The van der Waals surface area contributed by atoms with Crippen LogP contribution in [0.1, 0.15) is 92.6 Å². The molecule has 3 heterocycles. The van der Waals surface area contributed by atoms with Crippen LogP contribution in [0, 0.1) is 11.8 Å². The van der Waals surface area contributed by atoms with E-state index in [1.165, 1.54) is 44.8 Å². The van der Waals surface area contributed by atoms with Crippen LogP contribution in [0.3, 0.4) is 0 Å². The number of carboxylic acid groups (broad SMARTS) is 1. The Kier molecular flexibility index (Phi) is 8.13. The predicted octanol–water partition coefficient (Wildman–Crippen LogP) is 5.26. The first kappa shape index (κ1) is 25.8. The molecule has 200 valence electrons. The molecule has 0 spiro atoms. The molecule has 3 aliphatic rings. The maximum atomic E-state index is 12.7. The van der Waals surface area contributed by atoms with Crippen molar-refractivity contribution in [3.05, 3.63) is 47.7 Å². The molecule has 1 aromatic carbocycles. The maximum absolute atomic E-state index is 12.7. The first-order chi connectivity index (χ1) is 18.0. The highest BCUT2D eigenvalue weighted by Gasteiger charge is 2.55. The van der Waals surface area contributed by atoms with Crippen molar-refractivity contribution in [2.75, 3.05) is 13.2 Å². The van der Waals surface area contributed by atoms with Crippen LogP contribution in [0.2, 0.25) is 0 Å². The van der Waals surface area contributed by atoms with E-state index in [9.17, 15) is 9.59 Å². The van der Waals surface area contributed by atoms with E-state index in [0.29, 0.717) is 23.9 Å². The number of carbonyl (C=O) groups is 2. The lowest BCUT2D eigenvalue weighted by Gasteiger charge is -2.24. The molecule has 3 fully saturated rings. The zero-order valence-corrected chi connectivity index (χ0v) is 21.5. The summed E-state index contributed by atoms with van der Waals surface area (Å²) in [5.74, 6) is 1.03. The Bertz CT molecular complexity index is 1080. The minimum atomic E-state index is -0.998. The first-order valence-electron chi connectivity index (χ1n) is 13.9. The van der Waals surface area contributed by atoms with Gasteiger partial charge < -0.3 is 24.3 Å². The van der Waals surface area contributed by atoms with Crippen molar-refractivity contribution < 1.29 is 28.6 Å². The van der Waals surface area contributed by atoms with Gasteiger partial charge in [0, 0.05) is 6.54 Å². The minimum Gasteiger partial charge on any atom is -0.482 e. The van der Waals surface area contributed by atoms with Crippen LogP contribution < -0.4 is 10.1 Å². The zero-order chi connectivity index (χ0) is 25.7. The molecule has 1 saturated carbocycles. The number of unbranched alkanes of at least 4 members (excludes halogenated alkanes) is 1. The van der Waals surface area contributed by atoms with E-state index in [-0.39, 0.29) is 24.5 Å². The summed E-state index contributed by atoms with van der Waals surface area (Å²) in [5.41, 5.74) is 0.816. The summed E-state index contributed by atoms with van der Waals surface area (Å²) in [6, 6.07) is 7.56. The second-order valence-corrected chi connectivity index (χ2v) is 11.0. The van der Waals surface area contributed by atoms with Gasteiger partial charge in [-0.05, 0) is 61.6 Å². The first-order valence-corrected chi connectivity index (χ1v) is 13.9. The Morgan fingerprint density at radius 3 is 2.86 bits per heavy atom. The van der Waals surface area contributed by atoms with Gasteiger partial charge in [0.05, 0.1) is 6.10 Å². The number of nitrogens with zero attached hydrogens (tertiary/aromatic N) is 1. The molecule has 2 aliphatic heterocycles. The Hall–Kier alpha value is -2.87. The van der Waals surface area contributed by atoms with E-state index >= 15 is 0 Å². The normalized spacial score (nSPS) is 25.3. The molecular formula is C29H38N2O6. The van der Waals surface area contributed by atoms with Gasteiger partial charge in [-0.1, -0.05) is 57.1 Å². The lowest BCUT2D eigenvalue weighted by Crippen LogP contribution is -2.27. The predicted molar refractivity (Wildman–Crippen MR) is 136 cm³/mol. The summed E-state index contributed by atoms with van der Waals surface area (Å²) >= 11 is 0. The molecular weight excluding hydrogens is 472 g/mol. The van der Waals surface area contributed by atoms with Gasteiger partial charge in [-0.25, -0.2) is 9.78 Å². The van der Waals surface area contributed by atoms with Gasteiger partial charge in [0.25, 0.3) is 5.91 Å². The van der Waals surface area contributed by atoms with Gasteiger partial charge in [-0.3, -0.25) is 4.79 Å². The number of ether oxygens (including phenoxy) is 2. The molecule has 2 saturated heterocycles. The third kappa shape index (κ3) is 6.35. The zero-order valence-electron chi connectivity index (χ0n) is 21.5. The van der Waals surface area contributed by atoms with Crippen LogP contribution >= 0.6 is 0 Å². The van der Waals surface area contributed by atoms with Crippen LogP contribution in [0.4, 0.5) is 0 Å². The van der Waals surface area contributed by atoms with E-state index in [0.717, 1.165) is 50.0 Å². The Balaban J connectivity index is 1.11. The summed E-state index contributed by atoms with van der Waals surface area (Å²) in [6.07, 6.45) is 15.2. The fraction of sp³-hybridized carbons (Fsp3) is 0.621. The van der Waals surface area contributed by atoms with Crippen molar-refractivity contribution in [1.29, 1.82) is 0 Å². The molecule has 5 rings (SSSR count). The number of amides is 1. The second-order valence-electron chi connectivity index (χ2n) is 11.0. The van der Waals surface area contributed by atoms with Gasteiger partial charge in [-0.2, -0.15) is 0 Å². The standard InChI is InChI=1S/C29H38N2O6/c32-26(33)19-35-23-11-6-10-21(16-23)15-22-17-29(13-12-25(22)37-29)28-31-24(18-36-28)27(34)30-14-5-4-9-20-7-2-1-3-8-20/h6,10-11,16,18,20,22,25H,1-5,7-9,12-15,17,19H2,(H,30,34)(H,32,33). The fourth-order valence-corrected chi connectivity index (χ4v) is 6.39. The molecule has 2 bridgehead atoms. The minimum absolute atomic E-state index is 0.108. The van der Waals surface area contributed by atoms with E-state index < -0.39 is 11.6 Å². The average Bonchev–Trinajstić information content (AvgIpc) is 3.64. The third-order valence-corrected chi connectivity index (χ3v) is 8.26. The molecule has 2 aromatic rings. The van der Waals surface area contributed by atoms with Crippen molar-refractivity contribution in [1.82, 2.24) is 10.3 Å². The Morgan fingerprint density at radius 1 is 1.16 bits per heavy atom.